The Hall–Kier alpha value is -1.75. The van der Waals surface area contributed by atoms with Crippen LogP contribution in [0, 0.1) is 17.8 Å². The smallest absolute Gasteiger partial charge is 0.237 e. The summed E-state index contributed by atoms with van der Waals surface area (Å²) in [6.07, 6.45) is 8.43. The summed E-state index contributed by atoms with van der Waals surface area (Å²) in [4.78, 5) is 15.0. The Morgan fingerprint density at radius 3 is 2.30 bits per heavy atom. The van der Waals surface area contributed by atoms with Gasteiger partial charge in [0.25, 0.3) is 0 Å². The summed E-state index contributed by atoms with van der Waals surface area (Å²) in [7, 11) is 0. The standard InChI is InChI=1S/C28H49N3O2/c1-21(2)16-17-31(20-28(5,6)30-27(32)26(29)18-22(3)4)24-12-14-25(15-13-24)33-19-23-10-8-7-9-11-23/h12-15,21-23,26H,7-11,16-20,29H2,1-6H3,(H,30,32)/t26-/m0/s1. The zero-order valence-corrected chi connectivity index (χ0v) is 22.0. The molecule has 5 heteroatoms. The second kappa shape index (κ2) is 13.2. The van der Waals surface area contributed by atoms with Gasteiger partial charge in [0.2, 0.25) is 5.91 Å². The lowest BCUT2D eigenvalue weighted by Crippen LogP contribution is -2.56. The van der Waals surface area contributed by atoms with Crippen molar-refractivity contribution >= 4 is 11.6 Å². The molecule has 0 heterocycles. The first-order valence-electron chi connectivity index (χ1n) is 13.1. The van der Waals surface area contributed by atoms with Gasteiger partial charge in [0.05, 0.1) is 18.2 Å². The van der Waals surface area contributed by atoms with E-state index in [0.717, 1.165) is 37.6 Å². The number of benzene rings is 1. The molecule has 0 bridgehead atoms. The van der Waals surface area contributed by atoms with Crippen LogP contribution in [0.5, 0.6) is 5.75 Å². The second-order valence-electron chi connectivity index (χ2n) is 11.5. The van der Waals surface area contributed by atoms with Gasteiger partial charge in [-0.05, 0) is 81.5 Å². The number of nitrogens with two attached hydrogens (primary N) is 1. The maximum absolute atomic E-state index is 12.7. The molecule has 0 radical (unpaired) electrons. The van der Waals surface area contributed by atoms with Crippen molar-refractivity contribution < 1.29 is 9.53 Å². The van der Waals surface area contributed by atoms with E-state index in [9.17, 15) is 4.79 Å². The Balaban J connectivity index is 2.01. The fourth-order valence-electron chi connectivity index (χ4n) is 4.59. The first kappa shape index (κ1) is 27.5. The average molecular weight is 460 g/mol. The average Bonchev–Trinajstić information content (AvgIpc) is 2.75. The van der Waals surface area contributed by atoms with Crippen molar-refractivity contribution in [2.75, 3.05) is 24.6 Å². The number of hydrogen-bond acceptors (Lipinski definition) is 4. The molecule has 1 aliphatic carbocycles. The molecule has 1 fully saturated rings. The minimum Gasteiger partial charge on any atom is -0.493 e. The number of anilines is 1. The molecule has 0 spiro atoms. The molecule has 1 atom stereocenters. The molecule has 1 aromatic rings. The van der Waals surface area contributed by atoms with Gasteiger partial charge in [-0.25, -0.2) is 0 Å². The van der Waals surface area contributed by atoms with Gasteiger partial charge in [0.15, 0.2) is 0 Å². The molecule has 0 saturated heterocycles. The summed E-state index contributed by atoms with van der Waals surface area (Å²) in [5, 5.41) is 3.19. The molecule has 0 unspecified atom stereocenters. The van der Waals surface area contributed by atoms with E-state index in [1.54, 1.807) is 0 Å². The molecular formula is C28H49N3O2. The lowest BCUT2D eigenvalue weighted by Gasteiger charge is -2.36. The van der Waals surface area contributed by atoms with Crippen LogP contribution < -0.4 is 20.7 Å². The Morgan fingerprint density at radius 1 is 1.09 bits per heavy atom. The van der Waals surface area contributed by atoms with E-state index < -0.39 is 11.6 Å². The number of carbonyl (C=O) groups excluding carboxylic acids is 1. The molecule has 2 rings (SSSR count). The number of ether oxygens (including phenoxy) is 1. The molecule has 1 aromatic carbocycles. The Kier molecular flexibility index (Phi) is 11.0. The summed E-state index contributed by atoms with van der Waals surface area (Å²) >= 11 is 0. The lowest BCUT2D eigenvalue weighted by atomic mass is 9.90. The molecule has 1 saturated carbocycles. The summed E-state index contributed by atoms with van der Waals surface area (Å²) < 4.78 is 6.10. The van der Waals surface area contributed by atoms with Crippen LogP contribution in [0.2, 0.25) is 0 Å². The van der Waals surface area contributed by atoms with Gasteiger partial charge in [0, 0.05) is 18.8 Å². The van der Waals surface area contributed by atoms with Crippen LogP contribution in [0.25, 0.3) is 0 Å². The number of carbonyl (C=O) groups is 1. The minimum absolute atomic E-state index is 0.0658. The van der Waals surface area contributed by atoms with E-state index in [-0.39, 0.29) is 5.91 Å². The number of hydrogen-bond donors (Lipinski definition) is 2. The first-order chi connectivity index (χ1) is 15.6. The lowest BCUT2D eigenvalue weighted by molar-refractivity contribution is -0.124. The third kappa shape index (κ3) is 10.4. The zero-order chi connectivity index (χ0) is 24.4. The van der Waals surface area contributed by atoms with Gasteiger partial charge in [-0.15, -0.1) is 0 Å². The quantitative estimate of drug-likeness (QED) is 0.393. The Morgan fingerprint density at radius 2 is 1.73 bits per heavy atom. The molecule has 33 heavy (non-hydrogen) atoms. The largest absolute Gasteiger partial charge is 0.493 e. The third-order valence-corrected chi connectivity index (χ3v) is 6.50. The van der Waals surface area contributed by atoms with Gasteiger partial charge in [-0.2, -0.15) is 0 Å². The van der Waals surface area contributed by atoms with Crippen molar-refractivity contribution in [2.24, 2.45) is 23.5 Å². The summed E-state index contributed by atoms with van der Waals surface area (Å²) in [5.74, 6) is 2.59. The van der Waals surface area contributed by atoms with E-state index in [1.807, 2.05) is 0 Å². The highest BCUT2D eigenvalue weighted by Crippen LogP contribution is 2.26. The molecule has 1 aliphatic rings. The van der Waals surface area contributed by atoms with Crippen molar-refractivity contribution in [3.05, 3.63) is 24.3 Å². The molecule has 3 N–H and O–H groups in total. The Bertz CT molecular complexity index is 694. The highest BCUT2D eigenvalue weighted by Gasteiger charge is 2.27. The van der Waals surface area contributed by atoms with Crippen LogP contribution in [0.1, 0.15) is 86.5 Å². The summed E-state index contributed by atoms with van der Waals surface area (Å²) in [5.41, 5.74) is 6.90. The number of rotatable bonds is 13. The van der Waals surface area contributed by atoms with Crippen LogP contribution in [0.15, 0.2) is 24.3 Å². The van der Waals surface area contributed by atoms with Gasteiger partial charge >= 0.3 is 0 Å². The molecular weight excluding hydrogens is 410 g/mol. The van der Waals surface area contributed by atoms with Crippen LogP contribution in [0.3, 0.4) is 0 Å². The van der Waals surface area contributed by atoms with Gasteiger partial charge in [0.1, 0.15) is 5.75 Å². The van der Waals surface area contributed by atoms with E-state index in [2.05, 4.69) is 76.0 Å². The van der Waals surface area contributed by atoms with Gasteiger partial charge < -0.3 is 20.7 Å². The molecule has 188 valence electrons. The van der Waals surface area contributed by atoms with Crippen molar-refractivity contribution in [1.82, 2.24) is 5.32 Å². The predicted molar refractivity (Wildman–Crippen MR) is 140 cm³/mol. The fourth-order valence-corrected chi connectivity index (χ4v) is 4.59. The van der Waals surface area contributed by atoms with Crippen molar-refractivity contribution in [3.63, 3.8) is 0 Å². The number of nitrogens with one attached hydrogen (secondary N) is 1. The van der Waals surface area contributed by atoms with Crippen molar-refractivity contribution in [1.29, 1.82) is 0 Å². The van der Waals surface area contributed by atoms with Crippen LogP contribution in [-0.4, -0.2) is 37.2 Å². The zero-order valence-electron chi connectivity index (χ0n) is 22.0. The second-order valence-corrected chi connectivity index (χ2v) is 11.5. The van der Waals surface area contributed by atoms with Crippen LogP contribution in [0.4, 0.5) is 5.69 Å². The highest BCUT2D eigenvalue weighted by molar-refractivity contribution is 5.82. The van der Waals surface area contributed by atoms with Gasteiger partial charge in [-0.1, -0.05) is 47.0 Å². The fraction of sp³-hybridized carbons (Fsp3) is 0.750. The predicted octanol–water partition coefficient (Wildman–Crippen LogP) is 5.77. The normalized spacial score (nSPS) is 16.2. The minimum atomic E-state index is -0.464. The monoisotopic (exact) mass is 459 g/mol. The highest BCUT2D eigenvalue weighted by atomic mass is 16.5. The number of amides is 1. The summed E-state index contributed by atoms with van der Waals surface area (Å²) in [6.45, 7) is 15.3. The number of nitrogens with zero attached hydrogens (tertiary/aromatic N) is 1. The molecule has 0 aromatic heterocycles. The Labute approximate surface area is 202 Å². The maximum Gasteiger partial charge on any atom is 0.237 e. The van der Waals surface area contributed by atoms with E-state index in [4.69, 9.17) is 10.5 Å². The SMILES string of the molecule is CC(C)CCN(CC(C)(C)NC(=O)[C@@H](N)CC(C)C)c1ccc(OCC2CCCCC2)cc1. The summed E-state index contributed by atoms with van der Waals surface area (Å²) in [6, 6.07) is 8.02. The molecule has 5 nitrogen and oxygen atoms in total. The first-order valence-corrected chi connectivity index (χ1v) is 13.1. The molecule has 1 amide bonds. The van der Waals surface area contributed by atoms with Crippen molar-refractivity contribution in [3.8, 4) is 5.75 Å². The van der Waals surface area contributed by atoms with E-state index >= 15 is 0 Å². The maximum atomic E-state index is 12.7. The van der Waals surface area contributed by atoms with E-state index in [1.165, 1.54) is 32.1 Å². The molecule has 0 aliphatic heterocycles. The van der Waals surface area contributed by atoms with Crippen molar-refractivity contribution in [2.45, 2.75) is 98.1 Å². The van der Waals surface area contributed by atoms with E-state index in [0.29, 0.717) is 24.2 Å². The van der Waals surface area contributed by atoms with Crippen LogP contribution >= 0.6 is 0 Å². The van der Waals surface area contributed by atoms with Crippen LogP contribution in [-0.2, 0) is 4.79 Å². The van der Waals surface area contributed by atoms with Gasteiger partial charge in [-0.3, -0.25) is 4.79 Å². The third-order valence-electron chi connectivity index (χ3n) is 6.50. The topological polar surface area (TPSA) is 67.6 Å².